The molecule has 0 aliphatic heterocycles. The van der Waals surface area contributed by atoms with Crippen LogP contribution in [0.5, 0.6) is 0 Å². The molecule has 1 amide bonds. The van der Waals surface area contributed by atoms with E-state index in [4.69, 9.17) is 0 Å². The number of carbonyl (C=O) groups is 1. The van der Waals surface area contributed by atoms with Gasteiger partial charge in [-0.15, -0.1) is 0 Å². The van der Waals surface area contributed by atoms with Gasteiger partial charge in [-0.25, -0.2) is 0 Å². The molecule has 0 saturated carbocycles. The summed E-state index contributed by atoms with van der Waals surface area (Å²) in [5.41, 5.74) is 1.95. The highest BCUT2D eigenvalue weighted by Crippen LogP contribution is 2.29. The van der Waals surface area contributed by atoms with E-state index in [2.05, 4.69) is 39.9 Å². The number of nitrogens with one attached hydrogen (secondary N) is 1. The Morgan fingerprint density at radius 2 is 1.25 bits per heavy atom. The fourth-order valence-corrected chi connectivity index (χ4v) is 3.56. The minimum Gasteiger partial charge on any atom is -0.350 e. The third-order valence-corrected chi connectivity index (χ3v) is 3.96. The first kappa shape index (κ1) is 18.3. The lowest BCUT2D eigenvalue weighted by atomic mass is 9.81. The van der Waals surface area contributed by atoms with Crippen molar-refractivity contribution >= 4 is 5.91 Å². The lowest BCUT2D eigenvalue weighted by molar-refractivity contribution is -0.123. The fourth-order valence-electron chi connectivity index (χ4n) is 3.56. The van der Waals surface area contributed by atoms with Crippen molar-refractivity contribution < 1.29 is 4.79 Å². The van der Waals surface area contributed by atoms with Crippen LogP contribution in [0.4, 0.5) is 0 Å². The van der Waals surface area contributed by atoms with E-state index >= 15 is 0 Å². The lowest BCUT2D eigenvalue weighted by Crippen LogP contribution is -2.47. The number of hydrogen-bond donors (Lipinski definition) is 1. The molecule has 0 aliphatic carbocycles. The largest absolute Gasteiger partial charge is 0.350 e. The van der Waals surface area contributed by atoms with E-state index < -0.39 is 0 Å². The van der Waals surface area contributed by atoms with Crippen LogP contribution in [0, 0.1) is 5.41 Å². The second kappa shape index (κ2) is 7.21. The molecule has 2 aromatic rings. The number of amides is 1. The number of carbonyl (C=O) groups excluding carboxylic acids is 1. The Labute approximate surface area is 146 Å². The van der Waals surface area contributed by atoms with Gasteiger partial charge in [-0.3, -0.25) is 4.79 Å². The molecule has 2 rings (SSSR count). The second-order valence-corrected chi connectivity index (χ2v) is 8.36. The first-order chi connectivity index (χ1) is 11.2. The van der Waals surface area contributed by atoms with Crippen LogP contribution in [-0.4, -0.2) is 11.4 Å². The van der Waals surface area contributed by atoms with Gasteiger partial charge in [-0.05, 0) is 36.8 Å². The highest BCUT2D eigenvalue weighted by molar-refractivity contribution is 5.87. The van der Waals surface area contributed by atoms with Crippen LogP contribution in [0.3, 0.4) is 0 Å². The molecule has 2 nitrogen and oxygen atoms in total. The monoisotopic (exact) mass is 323 g/mol. The van der Waals surface area contributed by atoms with Crippen LogP contribution in [0.25, 0.3) is 0 Å². The molecule has 0 spiro atoms. The predicted molar refractivity (Wildman–Crippen MR) is 101 cm³/mol. The van der Waals surface area contributed by atoms with Crippen LogP contribution < -0.4 is 5.32 Å². The molecule has 0 atom stereocenters. The summed E-state index contributed by atoms with van der Waals surface area (Å²) in [6, 6.07) is 20.0. The molecule has 0 fully saturated rings. The van der Waals surface area contributed by atoms with Crippen molar-refractivity contribution in [1.82, 2.24) is 5.32 Å². The standard InChI is InChI=1S/C22H29NO/c1-21(2,3)16-22(4,5)23-20(24)19(17-12-8-6-9-13-17)18-14-10-7-11-15-18/h6-15,19H,16H2,1-5H3,(H,23,24). The lowest BCUT2D eigenvalue weighted by Gasteiger charge is -2.34. The van der Waals surface area contributed by atoms with Gasteiger partial charge in [0.2, 0.25) is 5.91 Å². The Kier molecular flexibility index (Phi) is 5.48. The molecule has 0 bridgehead atoms. The second-order valence-electron chi connectivity index (χ2n) is 8.36. The zero-order valence-corrected chi connectivity index (χ0v) is 15.5. The van der Waals surface area contributed by atoms with Crippen molar-refractivity contribution in [2.75, 3.05) is 0 Å². The molecule has 0 radical (unpaired) electrons. The maximum absolute atomic E-state index is 13.1. The average molecular weight is 323 g/mol. The fraction of sp³-hybridized carbons (Fsp3) is 0.409. The van der Waals surface area contributed by atoms with E-state index in [-0.39, 0.29) is 22.8 Å². The van der Waals surface area contributed by atoms with Crippen LogP contribution in [0.15, 0.2) is 60.7 Å². The summed E-state index contributed by atoms with van der Waals surface area (Å²) in [6.07, 6.45) is 0.919. The van der Waals surface area contributed by atoms with Gasteiger partial charge in [0.05, 0.1) is 5.92 Å². The van der Waals surface area contributed by atoms with Crippen molar-refractivity contribution in [3.05, 3.63) is 71.8 Å². The summed E-state index contributed by atoms with van der Waals surface area (Å²) < 4.78 is 0. The topological polar surface area (TPSA) is 29.1 Å². The van der Waals surface area contributed by atoms with Gasteiger partial charge in [0.15, 0.2) is 0 Å². The number of hydrogen-bond acceptors (Lipinski definition) is 1. The molecule has 2 heteroatoms. The molecule has 0 heterocycles. The number of benzene rings is 2. The van der Waals surface area contributed by atoms with E-state index in [9.17, 15) is 4.79 Å². The molecule has 0 saturated heterocycles. The molecule has 0 aliphatic rings. The maximum atomic E-state index is 13.1. The molecule has 0 unspecified atom stereocenters. The van der Waals surface area contributed by atoms with E-state index in [0.29, 0.717) is 0 Å². The van der Waals surface area contributed by atoms with E-state index in [1.54, 1.807) is 0 Å². The smallest absolute Gasteiger partial charge is 0.232 e. The first-order valence-corrected chi connectivity index (χ1v) is 8.60. The summed E-state index contributed by atoms with van der Waals surface area (Å²) in [5.74, 6) is -0.228. The minimum absolute atomic E-state index is 0.0571. The van der Waals surface area contributed by atoms with E-state index in [1.165, 1.54) is 0 Å². The van der Waals surface area contributed by atoms with E-state index in [1.807, 2.05) is 60.7 Å². The number of rotatable bonds is 5. The van der Waals surface area contributed by atoms with Gasteiger partial charge in [0.25, 0.3) is 0 Å². The summed E-state index contributed by atoms with van der Waals surface area (Å²) in [6.45, 7) is 10.8. The Balaban J connectivity index is 2.30. The Bertz CT molecular complexity index is 614. The predicted octanol–water partition coefficient (Wildman–Crippen LogP) is 5.15. The maximum Gasteiger partial charge on any atom is 0.232 e. The molecular weight excluding hydrogens is 294 g/mol. The van der Waals surface area contributed by atoms with Crippen LogP contribution in [-0.2, 0) is 4.79 Å². The van der Waals surface area contributed by atoms with Crippen molar-refractivity contribution in [2.45, 2.75) is 52.5 Å². The van der Waals surface area contributed by atoms with Crippen molar-refractivity contribution in [3.63, 3.8) is 0 Å². The summed E-state index contributed by atoms with van der Waals surface area (Å²) in [4.78, 5) is 13.1. The van der Waals surface area contributed by atoms with Crippen LogP contribution in [0.1, 0.15) is 58.1 Å². The van der Waals surface area contributed by atoms with Crippen molar-refractivity contribution in [3.8, 4) is 0 Å². The Morgan fingerprint density at radius 3 is 1.62 bits per heavy atom. The zero-order chi connectivity index (χ0) is 17.8. The van der Waals surface area contributed by atoms with Gasteiger partial charge in [-0.1, -0.05) is 81.4 Å². The highest BCUT2D eigenvalue weighted by Gasteiger charge is 2.31. The van der Waals surface area contributed by atoms with Gasteiger partial charge < -0.3 is 5.32 Å². The Hall–Kier alpha value is -2.09. The van der Waals surface area contributed by atoms with E-state index in [0.717, 1.165) is 17.5 Å². The summed E-state index contributed by atoms with van der Waals surface area (Å²) in [7, 11) is 0. The summed E-state index contributed by atoms with van der Waals surface area (Å²) >= 11 is 0. The van der Waals surface area contributed by atoms with Crippen LogP contribution >= 0.6 is 0 Å². The quantitative estimate of drug-likeness (QED) is 0.810. The molecule has 0 aromatic heterocycles. The highest BCUT2D eigenvalue weighted by atomic mass is 16.2. The van der Waals surface area contributed by atoms with Gasteiger partial charge in [0.1, 0.15) is 0 Å². The molecule has 128 valence electrons. The molecule has 2 aromatic carbocycles. The molecule has 1 N–H and O–H groups in total. The summed E-state index contributed by atoms with van der Waals surface area (Å²) in [5, 5.41) is 3.27. The zero-order valence-electron chi connectivity index (χ0n) is 15.5. The van der Waals surface area contributed by atoms with Crippen LogP contribution in [0.2, 0.25) is 0 Å². The average Bonchev–Trinajstić information content (AvgIpc) is 2.46. The first-order valence-electron chi connectivity index (χ1n) is 8.60. The van der Waals surface area contributed by atoms with Crippen molar-refractivity contribution in [1.29, 1.82) is 0 Å². The minimum atomic E-state index is -0.286. The third kappa shape index (κ3) is 5.23. The Morgan fingerprint density at radius 1 is 0.833 bits per heavy atom. The molecule has 24 heavy (non-hydrogen) atoms. The molecular formula is C22H29NO. The SMILES string of the molecule is CC(C)(C)CC(C)(C)NC(=O)C(c1ccccc1)c1ccccc1. The van der Waals surface area contributed by atoms with Gasteiger partial charge in [-0.2, -0.15) is 0 Å². The van der Waals surface area contributed by atoms with Crippen molar-refractivity contribution in [2.24, 2.45) is 5.41 Å². The van der Waals surface area contributed by atoms with Gasteiger partial charge >= 0.3 is 0 Å². The normalized spacial score (nSPS) is 12.2. The third-order valence-electron chi connectivity index (χ3n) is 3.96. The van der Waals surface area contributed by atoms with Gasteiger partial charge in [0, 0.05) is 5.54 Å².